The number of hydrogen-bond donors (Lipinski definition) is 2. The molecule has 1 atom stereocenters. The van der Waals surface area contributed by atoms with E-state index in [1.165, 1.54) is 0 Å². The van der Waals surface area contributed by atoms with Crippen LogP contribution in [-0.4, -0.2) is 16.1 Å². The zero-order chi connectivity index (χ0) is 14.9. The van der Waals surface area contributed by atoms with Crippen molar-refractivity contribution in [3.63, 3.8) is 0 Å². The Labute approximate surface area is 119 Å². The molecule has 0 aliphatic heterocycles. The predicted molar refractivity (Wildman–Crippen MR) is 72.1 cm³/mol. The molecule has 20 heavy (non-hydrogen) atoms. The van der Waals surface area contributed by atoms with Gasteiger partial charge in [-0.05, 0) is 24.1 Å². The second-order valence-electron chi connectivity index (χ2n) is 4.33. The summed E-state index contributed by atoms with van der Waals surface area (Å²) in [7, 11) is 0. The fraction of sp³-hybridized carbons (Fsp3) is 0.333. The molecule has 4 nitrogen and oxygen atoms in total. The highest BCUT2D eigenvalue weighted by Crippen LogP contribution is 2.33. The van der Waals surface area contributed by atoms with Crippen LogP contribution in [0.5, 0.6) is 0 Å². The van der Waals surface area contributed by atoms with Crippen LogP contribution < -0.4 is 11.1 Å². The van der Waals surface area contributed by atoms with Crippen LogP contribution >= 0.6 is 15.9 Å². The van der Waals surface area contributed by atoms with Crippen LogP contribution in [0.2, 0.25) is 0 Å². The lowest BCUT2D eigenvalue weighted by atomic mass is 10.1. The highest BCUT2D eigenvalue weighted by Gasteiger charge is 2.28. The van der Waals surface area contributed by atoms with Crippen LogP contribution in [0.3, 0.4) is 0 Å². The summed E-state index contributed by atoms with van der Waals surface area (Å²) in [5, 5.41) is 0. The standard InChI is InChI=1S/C12H10BrF3N2O2/c13-7(3-4-12(14,15)16)6-1-2-8-9(5-6)18-11(20)10(19)17-8/h1-2,5,7H,3-4H2,(H,17,19)(H,18,20). The van der Waals surface area contributed by atoms with Crippen LogP contribution in [0, 0.1) is 0 Å². The number of benzene rings is 1. The van der Waals surface area contributed by atoms with Gasteiger partial charge in [-0.25, -0.2) is 0 Å². The van der Waals surface area contributed by atoms with E-state index in [-0.39, 0.29) is 6.42 Å². The number of aromatic nitrogens is 2. The molecule has 0 spiro atoms. The van der Waals surface area contributed by atoms with Crippen molar-refractivity contribution < 1.29 is 13.2 Å². The van der Waals surface area contributed by atoms with E-state index in [0.29, 0.717) is 16.6 Å². The maximum Gasteiger partial charge on any atom is 0.389 e. The van der Waals surface area contributed by atoms with Gasteiger partial charge in [-0.1, -0.05) is 22.0 Å². The number of hydrogen-bond acceptors (Lipinski definition) is 2. The average molecular weight is 351 g/mol. The van der Waals surface area contributed by atoms with Crippen molar-refractivity contribution in [2.75, 3.05) is 0 Å². The first-order valence-corrected chi connectivity index (χ1v) is 6.65. The Morgan fingerprint density at radius 3 is 2.30 bits per heavy atom. The van der Waals surface area contributed by atoms with E-state index in [1.54, 1.807) is 18.2 Å². The normalized spacial score (nSPS) is 13.6. The molecule has 0 amide bonds. The van der Waals surface area contributed by atoms with Crippen LogP contribution in [-0.2, 0) is 0 Å². The third kappa shape index (κ3) is 3.50. The number of aromatic amines is 2. The number of H-pyrrole nitrogens is 2. The molecule has 0 radical (unpaired) electrons. The lowest BCUT2D eigenvalue weighted by Gasteiger charge is -2.12. The van der Waals surface area contributed by atoms with E-state index >= 15 is 0 Å². The molecule has 1 heterocycles. The molecule has 2 rings (SSSR count). The van der Waals surface area contributed by atoms with Gasteiger partial charge in [0.05, 0.1) is 11.0 Å². The van der Waals surface area contributed by atoms with Gasteiger partial charge < -0.3 is 9.97 Å². The van der Waals surface area contributed by atoms with Crippen molar-refractivity contribution in [2.45, 2.75) is 23.8 Å². The van der Waals surface area contributed by atoms with Crippen molar-refractivity contribution in [1.29, 1.82) is 0 Å². The molecule has 0 saturated heterocycles. The smallest absolute Gasteiger partial charge is 0.316 e. The topological polar surface area (TPSA) is 65.7 Å². The number of alkyl halides is 4. The molecule has 108 valence electrons. The van der Waals surface area contributed by atoms with E-state index in [2.05, 4.69) is 25.9 Å². The van der Waals surface area contributed by atoms with E-state index in [1.807, 2.05) is 0 Å². The fourth-order valence-corrected chi connectivity index (χ4v) is 2.30. The first kappa shape index (κ1) is 14.8. The SMILES string of the molecule is O=c1[nH]c2ccc(C(Br)CCC(F)(F)F)cc2[nH]c1=O. The minimum absolute atomic E-state index is 0.109. The summed E-state index contributed by atoms with van der Waals surface area (Å²) >= 11 is 3.19. The first-order chi connectivity index (χ1) is 9.26. The van der Waals surface area contributed by atoms with Gasteiger partial charge in [0.15, 0.2) is 0 Å². The third-order valence-electron chi connectivity index (χ3n) is 2.79. The molecule has 0 fully saturated rings. The van der Waals surface area contributed by atoms with Gasteiger partial charge in [0, 0.05) is 11.2 Å². The maximum atomic E-state index is 12.2. The van der Waals surface area contributed by atoms with E-state index in [0.717, 1.165) is 0 Å². The number of nitrogens with one attached hydrogen (secondary N) is 2. The summed E-state index contributed by atoms with van der Waals surface area (Å²) < 4.78 is 36.5. The third-order valence-corrected chi connectivity index (χ3v) is 3.78. The summed E-state index contributed by atoms with van der Waals surface area (Å²) in [6, 6.07) is 4.69. The van der Waals surface area contributed by atoms with E-state index in [4.69, 9.17) is 0 Å². The summed E-state index contributed by atoms with van der Waals surface area (Å²) in [5.74, 6) is 0. The van der Waals surface area contributed by atoms with E-state index in [9.17, 15) is 22.8 Å². The molecule has 0 bridgehead atoms. The quantitative estimate of drug-likeness (QED) is 0.660. The molecule has 8 heteroatoms. The van der Waals surface area contributed by atoms with Gasteiger partial charge in [-0.15, -0.1) is 0 Å². The molecule has 0 saturated carbocycles. The summed E-state index contributed by atoms with van der Waals surface area (Å²) in [6.45, 7) is 0. The summed E-state index contributed by atoms with van der Waals surface area (Å²) in [5.41, 5.74) is -0.157. The Bertz CT molecular complexity index is 736. The van der Waals surface area contributed by atoms with Gasteiger partial charge >= 0.3 is 17.3 Å². The second-order valence-corrected chi connectivity index (χ2v) is 5.44. The Morgan fingerprint density at radius 1 is 1.10 bits per heavy atom. The number of fused-ring (bicyclic) bond motifs is 1. The molecule has 0 aliphatic carbocycles. The molecule has 0 aliphatic rings. The molecule has 1 aromatic heterocycles. The Morgan fingerprint density at radius 2 is 1.70 bits per heavy atom. The Balaban J connectivity index is 2.29. The highest BCUT2D eigenvalue weighted by atomic mass is 79.9. The van der Waals surface area contributed by atoms with Crippen molar-refractivity contribution >= 4 is 27.0 Å². The highest BCUT2D eigenvalue weighted by molar-refractivity contribution is 9.09. The zero-order valence-electron chi connectivity index (χ0n) is 10.1. The Kier molecular flexibility index (Phi) is 4.03. The monoisotopic (exact) mass is 350 g/mol. The predicted octanol–water partition coefficient (Wildman–Crippen LogP) is 2.99. The van der Waals surface area contributed by atoms with Crippen molar-refractivity contribution in [2.24, 2.45) is 0 Å². The fourth-order valence-electron chi connectivity index (χ4n) is 1.78. The van der Waals surface area contributed by atoms with Gasteiger partial charge in [-0.2, -0.15) is 13.2 Å². The maximum absolute atomic E-state index is 12.2. The van der Waals surface area contributed by atoms with Crippen LogP contribution in [0.1, 0.15) is 23.2 Å². The first-order valence-electron chi connectivity index (χ1n) is 5.73. The van der Waals surface area contributed by atoms with Crippen molar-refractivity contribution in [3.8, 4) is 0 Å². The van der Waals surface area contributed by atoms with Crippen LogP contribution in [0.15, 0.2) is 27.8 Å². The summed E-state index contributed by atoms with van der Waals surface area (Å²) in [6.07, 6.45) is -5.21. The molecular weight excluding hydrogens is 341 g/mol. The van der Waals surface area contributed by atoms with Gasteiger partial charge in [-0.3, -0.25) is 9.59 Å². The van der Waals surface area contributed by atoms with Crippen LogP contribution in [0.4, 0.5) is 13.2 Å². The number of rotatable bonds is 3. The minimum Gasteiger partial charge on any atom is -0.316 e. The number of halogens is 4. The lowest BCUT2D eigenvalue weighted by Crippen LogP contribution is -2.28. The van der Waals surface area contributed by atoms with Crippen molar-refractivity contribution in [3.05, 3.63) is 44.5 Å². The lowest BCUT2D eigenvalue weighted by molar-refractivity contribution is -0.135. The van der Waals surface area contributed by atoms with Crippen LogP contribution in [0.25, 0.3) is 11.0 Å². The molecule has 2 N–H and O–H groups in total. The van der Waals surface area contributed by atoms with E-state index < -0.39 is 28.5 Å². The molecule has 2 aromatic rings. The summed E-state index contributed by atoms with van der Waals surface area (Å²) in [4.78, 5) is 26.6. The van der Waals surface area contributed by atoms with Gasteiger partial charge in [0.2, 0.25) is 0 Å². The largest absolute Gasteiger partial charge is 0.389 e. The molecule has 1 aromatic carbocycles. The Hall–Kier alpha value is -1.57. The molecular formula is C12H10BrF3N2O2. The minimum atomic E-state index is -4.21. The van der Waals surface area contributed by atoms with Gasteiger partial charge in [0.25, 0.3) is 0 Å². The zero-order valence-corrected chi connectivity index (χ0v) is 11.6. The van der Waals surface area contributed by atoms with Gasteiger partial charge in [0.1, 0.15) is 0 Å². The second kappa shape index (κ2) is 5.43. The molecule has 1 unspecified atom stereocenters. The van der Waals surface area contributed by atoms with Crippen molar-refractivity contribution in [1.82, 2.24) is 9.97 Å². The average Bonchev–Trinajstić information content (AvgIpc) is 2.36.